The van der Waals surface area contributed by atoms with Crippen molar-refractivity contribution in [2.45, 2.75) is 39.2 Å². The molecule has 0 spiro atoms. The van der Waals surface area contributed by atoms with Crippen molar-refractivity contribution in [1.82, 2.24) is 15.6 Å². The largest absolute Gasteiger partial charge is 0.356 e. The van der Waals surface area contributed by atoms with E-state index in [0.29, 0.717) is 18.4 Å². The molecule has 4 nitrogen and oxygen atoms in total. The second-order valence-electron chi connectivity index (χ2n) is 5.94. The Morgan fingerprint density at radius 2 is 1.91 bits per heavy atom. The summed E-state index contributed by atoms with van der Waals surface area (Å²) in [4.78, 5) is 8.91. The number of benzene rings is 1. The second-order valence-corrected chi connectivity index (χ2v) is 6.88. The van der Waals surface area contributed by atoms with E-state index >= 15 is 0 Å². The smallest absolute Gasteiger partial charge is 0.191 e. The Kier molecular flexibility index (Phi) is 6.59. The van der Waals surface area contributed by atoms with Gasteiger partial charge in [0.15, 0.2) is 5.96 Å². The molecule has 1 unspecified atom stereocenters. The van der Waals surface area contributed by atoms with Crippen molar-refractivity contribution in [2.75, 3.05) is 13.6 Å². The van der Waals surface area contributed by atoms with Crippen LogP contribution in [0.1, 0.15) is 48.9 Å². The third-order valence-electron chi connectivity index (χ3n) is 3.74. The zero-order valence-corrected chi connectivity index (χ0v) is 15.2. The van der Waals surface area contributed by atoms with E-state index in [9.17, 15) is 0 Å². The molecule has 2 rings (SSSR count). The molecule has 23 heavy (non-hydrogen) atoms. The summed E-state index contributed by atoms with van der Waals surface area (Å²) in [6.07, 6.45) is 0. The second kappa shape index (κ2) is 8.67. The molecule has 2 aromatic rings. The first-order chi connectivity index (χ1) is 11.1. The Balaban J connectivity index is 1.81. The maximum absolute atomic E-state index is 4.63. The number of hydrogen-bond acceptors (Lipinski definition) is 3. The molecule has 0 saturated heterocycles. The zero-order chi connectivity index (χ0) is 16.7. The summed E-state index contributed by atoms with van der Waals surface area (Å²) in [6, 6.07) is 10.5. The van der Waals surface area contributed by atoms with E-state index in [1.54, 1.807) is 18.4 Å². The van der Waals surface area contributed by atoms with Gasteiger partial charge in [-0.1, -0.05) is 51.1 Å². The molecule has 0 aliphatic heterocycles. The fourth-order valence-electron chi connectivity index (χ4n) is 2.20. The van der Waals surface area contributed by atoms with Crippen LogP contribution in [-0.2, 0) is 6.54 Å². The standard InChI is InChI=1S/C18H26N4S/c1-13(2)16-12-23-17(22-16)11-21-18(19-4)20-10-14(3)15-8-6-5-7-9-15/h5-9,12-14H,10-11H2,1-4H3,(H2,19,20,21). The van der Waals surface area contributed by atoms with Gasteiger partial charge in [-0.25, -0.2) is 4.98 Å². The number of guanidine groups is 1. The molecule has 1 aromatic heterocycles. The van der Waals surface area contributed by atoms with Crippen molar-refractivity contribution < 1.29 is 0 Å². The highest BCUT2D eigenvalue weighted by molar-refractivity contribution is 7.09. The van der Waals surface area contributed by atoms with Crippen LogP contribution in [0.5, 0.6) is 0 Å². The van der Waals surface area contributed by atoms with Gasteiger partial charge in [0.25, 0.3) is 0 Å². The zero-order valence-electron chi connectivity index (χ0n) is 14.3. The summed E-state index contributed by atoms with van der Waals surface area (Å²) in [5.41, 5.74) is 2.49. The first-order valence-electron chi connectivity index (χ1n) is 8.04. The van der Waals surface area contributed by atoms with Crippen LogP contribution in [0.4, 0.5) is 0 Å². The van der Waals surface area contributed by atoms with Crippen molar-refractivity contribution in [3.8, 4) is 0 Å². The van der Waals surface area contributed by atoms with Gasteiger partial charge in [-0.05, 0) is 17.4 Å². The van der Waals surface area contributed by atoms with Crippen LogP contribution in [0.2, 0.25) is 0 Å². The van der Waals surface area contributed by atoms with Crippen LogP contribution in [0.25, 0.3) is 0 Å². The normalized spacial score (nSPS) is 13.2. The molecule has 1 atom stereocenters. The molecule has 0 radical (unpaired) electrons. The summed E-state index contributed by atoms with van der Waals surface area (Å²) in [5, 5.41) is 9.94. The summed E-state index contributed by atoms with van der Waals surface area (Å²) < 4.78 is 0. The van der Waals surface area contributed by atoms with E-state index < -0.39 is 0 Å². The number of nitrogens with one attached hydrogen (secondary N) is 2. The van der Waals surface area contributed by atoms with Crippen LogP contribution in [0, 0.1) is 0 Å². The van der Waals surface area contributed by atoms with Crippen molar-refractivity contribution in [3.63, 3.8) is 0 Å². The number of aliphatic imine (C=N–C) groups is 1. The van der Waals surface area contributed by atoms with Gasteiger partial charge in [0, 0.05) is 19.0 Å². The summed E-state index contributed by atoms with van der Waals surface area (Å²) in [7, 11) is 1.80. The van der Waals surface area contributed by atoms with Crippen LogP contribution in [-0.4, -0.2) is 24.5 Å². The van der Waals surface area contributed by atoms with Gasteiger partial charge in [-0.3, -0.25) is 4.99 Å². The minimum absolute atomic E-state index is 0.433. The highest BCUT2D eigenvalue weighted by atomic mass is 32.1. The Labute approximate surface area is 143 Å². The quantitative estimate of drug-likeness (QED) is 0.627. The molecule has 0 aliphatic rings. The van der Waals surface area contributed by atoms with Gasteiger partial charge in [-0.2, -0.15) is 0 Å². The van der Waals surface area contributed by atoms with E-state index in [1.165, 1.54) is 5.56 Å². The number of rotatable bonds is 6. The highest BCUT2D eigenvalue weighted by Gasteiger charge is 2.08. The molecule has 5 heteroatoms. The van der Waals surface area contributed by atoms with Gasteiger partial charge in [0.1, 0.15) is 5.01 Å². The maximum Gasteiger partial charge on any atom is 0.191 e. The Morgan fingerprint density at radius 1 is 1.17 bits per heavy atom. The molecule has 0 bridgehead atoms. The highest BCUT2D eigenvalue weighted by Crippen LogP contribution is 2.17. The number of aromatic nitrogens is 1. The molecule has 2 N–H and O–H groups in total. The lowest BCUT2D eigenvalue weighted by Crippen LogP contribution is -2.38. The van der Waals surface area contributed by atoms with Crippen molar-refractivity contribution in [2.24, 2.45) is 4.99 Å². The molecule has 1 heterocycles. The monoisotopic (exact) mass is 330 g/mol. The van der Waals surface area contributed by atoms with Crippen molar-refractivity contribution >= 4 is 17.3 Å². The average Bonchev–Trinajstić information content (AvgIpc) is 3.05. The predicted octanol–water partition coefficient (Wildman–Crippen LogP) is 3.74. The third-order valence-corrected chi connectivity index (χ3v) is 4.60. The Hall–Kier alpha value is -1.88. The van der Waals surface area contributed by atoms with Crippen molar-refractivity contribution in [1.29, 1.82) is 0 Å². The van der Waals surface area contributed by atoms with E-state index in [0.717, 1.165) is 23.2 Å². The van der Waals surface area contributed by atoms with Crippen LogP contribution >= 0.6 is 11.3 Å². The maximum atomic E-state index is 4.63. The SMILES string of the molecule is CN=C(NCc1nc(C(C)C)cs1)NCC(C)c1ccccc1. The summed E-state index contributed by atoms with van der Waals surface area (Å²) in [5.74, 6) is 1.72. The summed E-state index contributed by atoms with van der Waals surface area (Å²) in [6.45, 7) is 8.09. The molecule has 0 amide bonds. The lowest BCUT2D eigenvalue weighted by molar-refractivity contribution is 0.697. The van der Waals surface area contributed by atoms with Gasteiger partial charge >= 0.3 is 0 Å². The molecule has 0 saturated carbocycles. The lowest BCUT2D eigenvalue weighted by Gasteiger charge is -2.16. The third kappa shape index (κ3) is 5.36. The molecule has 0 fully saturated rings. The Morgan fingerprint density at radius 3 is 2.52 bits per heavy atom. The van der Waals surface area contributed by atoms with Gasteiger partial charge < -0.3 is 10.6 Å². The van der Waals surface area contributed by atoms with E-state index in [-0.39, 0.29) is 0 Å². The molecule has 124 valence electrons. The van der Waals surface area contributed by atoms with E-state index in [4.69, 9.17) is 0 Å². The Bertz CT molecular complexity index is 619. The van der Waals surface area contributed by atoms with E-state index in [1.807, 2.05) is 6.07 Å². The first kappa shape index (κ1) is 17.5. The number of nitrogens with zero attached hydrogens (tertiary/aromatic N) is 2. The van der Waals surface area contributed by atoms with E-state index in [2.05, 4.69) is 71.0 Å². The fraction of sp³-hybridized carbons (Fsp3) is 0.444. The van der Waals surface area contributed by atoms with Crippen LogP contribution in [0.15, 0.2) is 40.7 Å². The van der Waals surface area contributed by atoms with Crippen LogP contribution in [0.3, 0.4) is 0 Å². The van der Waals surface area contributed by atoms with Gasteiger partial charge in [-0.15, -0.1) is 11.3 Å². The summed E-state index contributed by atoms with van der Waals surface area (Å²) >= 11 is 1.70. The number of hydrogen-bond donors (Lipinski definition) is 2. The molecule has 0 aliphatic carbocycles. The van der Waals surface area contributed by atoms with Crippen molar-refractivity contribution in [3.05, 3.63) is 52.0 Å². The van der Waals surface area contributed by atoms with Gasteiger partial charge in [0.05, 0.1) is 12.2 Å². The fourth-order valence-corrected chi connectivity index (χ4v) is 3.10. The number of thiazole rings is 1. The molecule has 1 aromatic carbocycles. The molecular formula is C18H26N4S. The van der Waals surface area contributed by atoms with Gasteiger partial charge in [0.2, 0.25) is 0 Å². The average molecular weight is 331 g/mol. The predicted molar refractivity (Wildman–Crippen MR) is 99.3 cm³/mol. The first-order valence-corrected chi connectivity index (χ1v) is 8.92. The lowest BCUT2D eigenvalue weighted by atomic mass is 10.0. The minimum atomic E-state index is 0.433. The molecular weight excluding hydrogens is 304 g/mol. The topological polar surface area (TPSA) is 49.3 Å². The minimum Gasteiger partial charge on any atom is -0.356 e. The van der Waals surface area contributed by atoms with Crippen LogP contribution < -0.4 is 10.6 Å².